The summed E-state index contributed by atoms with van der Waals surface area (Å²) in [5.74, 6) is -0.249. The van der Waals surface area contributed by atoms with Gasteiger partial charge in [0, 0.05) is 23.0 Å². The van der Waals surface area contributed by atoms with E-state index in [0.29, 0.717) is 5.52 Å². The molecule has 0 atom stereocenters. The molecule has 0 saturated carbocycles. The predicted octanol–water partition coefficient (Wildman–Crippen LogP) is 3.78. The van der Waals surface area contributed by atoms with Crippen molar-refractivity contribution in [3.63, 3.8) is 0 Å². The molecule has 0 aliphatic carbocycles. The Morgan fingerprint density at radius 3 is 2.63 bits per heavy atom. The average molecular weight is 260 g/mol. The molecule has 0 radical (unpaired) electrons. The molecule has 102 valence electrons. The third kappa shape index (κ3) is 2.92. The third-order valence-electron chi connectivity index (χ3n) is 3.21. The number of pyridine rings is 1. The Morgan fingerprint density at radius 2 is 2.00 bits per heavy atom. The summed E-state index contributed by atoms with van der Waals surface area (Å²) in [5, 5.41) is 4.20. The van der Waals surface area contributed by atoms with Crippen molar-refractivity contribution in [2.45, 2.75) is 39.7 Å². The Morgan fingerprint density at radius 1 is 1.26 bits per heavy atom. The molecule has 0 aliphatic heterocycles. The molecular weight excluding hydrogens is 239 g/mol. The lowest BCUT2D eigenvalue weighted by atomic mass is 9.90. The third-order valence-corrected chi connectivity index (χ3v) is 3.21. The lowest BCUT2D eigenvalue weighted by Gasteiger charge is -2.20. The van der Waals surface area contributed by atoms with Gasteiger partial charge in [-0.2, -0.15) is 0 Å². The molecule has 0 fully saturated rings. The topological polar surface area (TPSA) is 24.9 Å². The fraction of sp³-hybridized carbons (Fsp3) is 0.438. The zero-order chi connectivity index (χ0) is 14.0. The van der Waals surface area contributed by atoms with Crippen LogP contribution in [0, 0.1) is 5.82 Å². The highest BCUT2D eigenvalue weighted by molar-refractivity contribution is 5.83. The van der Waals surface area contributed by atoms with Gasteiger partial charge in [0.25, 0.3) is 0 Å². The normalized spacial score (nSPS) is 12.1. The Bertz CT molecular complexity index is 585. The number of halogens is 1. The van der Waals surface area contributed by atoms with E-state index in [1.807, 2.05) is 6.07 Å². The second kappa shape index (κ2) is 5.25. The number of aromatic nitrogens is 1. The Balaban J connectivity index is 2.66. The molecule has 1 aromatic heterocycles. The summed E-state index contributed by atoms with van der Waals surface area (Å²) in [7, 11) is 0. The van der Waals surface area contributed by atoms with Crippen LogP contribution in [0.5, 0.6) is 0 Å². The molecule has 0 saturated heterocycles. The van der Waals surface area contributed by atoms with E-state index in [1.165, 1.54) is 6.07 Å². The van der Waals surface area contributed by atoms with Gasteiger partial charge in [0.15, 0.2) is 0 Å². The molecule has 19 heavy (non-hydrogen) atoms. The number of nitrogens with zero attached hydrogens (tertiary/aromatic N) is 1. The second-order valence-corrected chi connectivity index (χ2v) is 5.83. The molecule has 2 rings (SSSR count). The minimum Gasteiger partial charge on any atom is -0.313 e. The van der Waals surface area contributed by atoms with E-state index in [9.17, 15) is 4.39 Å². The van der Waals surface area contributed by atoms with Crippen LogP contribution in [0.1, 0.15) is 39.0 Å². The van der Waals surface area contributed by atoms with E-state index < -0.39 is 0 Å². The SMILES string of the molecule is CCNCc1cc(C(C)(C)C)nc2c(F)cccc12. The standard InChI is InChI=1S/C16H21FN2/c1-5-18-10-11-9-14(16(2,3)4)19-15-12(11)7-6-8-13(15)17/h6-9,18H,5,10H2,1-4H3. The highest BCUT2D eigenvalue weighted by Crippen LogP contribution is 2.27. The first-order chi connectivity index (χ1) is 8.93. The molecule has 0 amide bonds. The molecule has 1 heterocycles. The average Bonchev–Trinajstić information content (AvgIpc) is 2.35. The summed E-state index contributed by atoms with van der Waals surface area (Å²) < 4.78 is 14.0. The van der Waals surface area contributed by atoms with Crippen molar-refractivity contribution in [1.82, 2.24) is 10.3 Å². The molecular formula is C16H21FN2. The van der Waals surface area contributed by atoms with E-state index >= 15 is 0 Å². The Labute approximate surface area is 114 Å². The summed E-state index contributed by atoms with van der Waals surface area (Å²) in [5.41, 5.74) is 2.43. The molecule has 1 N–H and O–H groups in total. The Hall–Kier alpha value is -1.48. The van der Waals surface area contributed by atoms with Gasteiger partial charge in [0.05, 0.1) is 0 Å². The van der Waals surface area contributed by atoms with Crippen LogP contribution in [0.3, 0.4) is 0 Å². The maximum Gasteiger partial charge on any atom is 0.149 e. The van der Waals surface area contributed by atoms with Crippen LogP contribution in [-0.4, -0.2) is 11.5 Å². The van der Waals surface area contributed by atoms with Crippen molar-refractivity contribution < 1.29 is 4.39 Å². The molecule has 0 spiro atoms. The van der Waals surface area contributed by atoms with Crippen LogP contribution in [0.25, 0.3) is 10.9 Å². The van der Waals surface area contributed by atoms with Gasteiger partial charge in [-0.3, -0.25) is 0 Å². The van der Waals surface area contributed by atoms with E-state index in [-0.39, 0.29) is 11.2 Å². The monoisotopic (exact) mass is 260 g/mol. The summed E-state index contributed by atoms with van der Waals surface area (Å²) in [4.78, 5) is 4.51. The highest BCUT2D eigenvalue weighted by atomic mass is 19.1. The number of para-hydroxylation sites is 1. The molecule has 0 unspecified atom stereocenters. The first kappa shape index (κ1) is 13.9. The first-order valence-corrected chi connectivity index (χ1v) is 6.73. The predicted molar refractivity (Wildman–Crippen MR) is 77.8 cm³/mol. The van der Waals surface area contributed by atoms with E-state index in [1.54, 1.807) is 6.07 Å². The van der Waals surface area contributed by atoms with Crippen molar-refractivity contribution in [3.05, 3.63) is 41.3 Å². The van der Waals surface area contributed by atoms with Gasteiger partial charge in [-0.1, -0.05) is 39.8 Å². The number of fused-ring (bicyclic) bond motifs is 1. The van der Waals surface area contributed by atoms with Crippen molar-refractivity contribution >= 4 is 10.9 Å². The highest BCUT2D eigenvalue weighted by Gasteiger charge is 2.18. The van der Waals surface area contributed by atoms with Crippen LogP contribution < -0.4 is 5.32 Å². The number of hydrogen-bond donors (Lipinski definition) is 1. The second-order valence-electron chi connectivity index (χ2n) is 5.83. The number of rotatable bonds is 3. The molecule has 2 nitrogen and oxygen atoms in total. The van der Waals surface area contributed by atoms with Crippen LogP contribution in [0.2, 0.25) is 0 Å². The molecule has 1 aromatic carbocycles. The van der Waals surface area contributed by atoms with E-state index in [4.69, 9.17) is 0 Å². The van der Waals surface area contributed by atoms with Crippen molar-refractivity contribution in [2.24, 2.45) is 0 Å². The molecule has 3 heteroatoms. The molecule has 2 aromatic rings. The summed E-state index contributed by atoms with van der Waals surface area (Å²) in [6, 6.07) is 7.24. The zero-order valence-corrected chi connectivity index (χ0v) is 12.0. The number of hydrogen-bond acceptors (Lipinski definition) is 2. The van der Waals surface area contributed by atoms with Crippen LogP contribution in [-0.2, 0) is 12.0 Å². The lowest BCUT2D eigenvalue weighted by molar-refractivity contribution is 0.567. The maximum atomic E-state index is 14.0. The Kier molecular flexibility index (Phi) is 3.85. The van der Waals surface area contributed by atoms with Gasteiger partial charge in [-0.05, 0) is 24.2 Å². The summed E-state index contributed by atoms with van der Waals surface area (Å²) in [6.45, 7) is 9.98. The van der Waals surface area contributed by atoms with Gasteiger partial charge < -0.3 is 5.32 Å². The van der Waals surface area contributed by atoms with Crippen molar-refractivity contribution in [3.8, 4) is 0 Å². The van der Waals surface area contributed by atoms with Crippen LogP contribution in [0.15, 0.2) is 24.3 Å². The summed E-state index contributed by atoms with van der Waals surface area (Å²) >= 11 is 0. The van der Waals surface area contributed by atoms with Crippen molar-refractivity contribution in [1.29, 1.82) is 0 Å². The fourth-order valence-electron chi connectivity index (χ4n) is 2.07. The van der Waals surface area contributed by atoms with Gasteiger partial charge in [0.1, 0.15) is 11.3 Å². The van der Waals surface area contributed by atoms with Crippen LogP contribution >= 0.6 is 0 Å². The largest absolute Gasteiger partial charge is 0.313 e. The fourth-order valence-corrected chi connectivity index (χ4v) is 2.07. The van der Waals surface area contributed by atoms with Crippen LogP contribution in [0.4, 0.5) is 4.39 Å². The van der Waals surface area contributed by atoms with Crippen molar-refractivity contribution in [2.75, 3.05) is 6.54 Å². The van der Waals surface area contributed by atoms with E-state index in [0.717, 1.165) is 29.7 Å². The molecule has 0 bridgehead atoms. The smallest absolute Gasteiger partial charge is 0.149 e. The quantitative estimate of drug-likeness (QED) is 0.908. The van der Waals surface area contributed by atoms with Gasteiger partial charge in [-0.25, -0.2) is 9.37 Å². The van der Waals surface area contributed by atoms with Gasteiger partial charge in [-0.15, -0.1) is 0 Å². The van der Waals surface area contributed by atoms with Gasteiger partial charge >= 0.3 is 0 Å². The lowest BCUT2D eigenvalue weighted by Crippen LogP contribution is -2.17. The minimum atomic E-state index is -0.249. The number of nitrogens with one attached hydrogen (secondary N) is 1. The maximum absolute atomic E-state index is 14.0. The van der Waals surface area contributed by atoms with Gasteiger partial charge in [0.2, 0.25) is 0 Å². The number of benzene rings is 1. The minimum absolute atomic E-state index is 0.0859. The summed E-state index contributed by atoms with van der Waals surface area (Å²) in [6.07, 6.45) is 0. The van der Waals surface area contributed by atoms with E-state index in [2.05, 4.69) is 44.1 Å². The molecule has 0 aliphatic rings. The first-order valence-electron chi connectivity index (χ1n) is 6.73. The zero-order valence-electron chi connectivity index (χ0n) is 12.0.